The molecule has 0 bridgehead atoms. The summed E-state index contributed by atoms with van der Waals surface area (Å²) < 4.78 is 25.9. The Morgan fingerprint density at radius 3 is 2.36 bits per heavy atom. The average Bonchev–Trinajstić information content (AvgIpc) is 2.60. The average molecular weight is 309 g/mol. The van der Waals surface area contributed by atoms with E-state index in [0.29, 0.717) is 17.4 Å². The highest BCUT2D eigenvalue weighted by molar-refractivity contribution is 6.62. The van der Waals surface area contributed by atoms with Crippen molar-refractivity contribution in [3.63, 3.8) is 0 Å². The van der Waals surface area contributed by atoms with E-state index in [1.165, 1.54) is 6.07 Å². The first kappa shape index (κ1) is 16.8. The molecule has 7 heteroatoms. The Balaban J connectivity index is 2.09. The van der Waals surface area contributed by atoms with Crippen LogP contribution in [0.2, 0.25) is 0 Å². The van der Waals surface area contributed by atoms with Crippen LogP contribution in [-0.2, 0) is 15.7 Å². The third-order valence-corrected chi connectivity index (χ3v) is 4.27. The van der Waals surface area contributed by atoms with Crippen molar-refractivity contribution in [2.45, 2.75) is 45.3 Å². The van der Waals surface area contributed by atoms with Gasteiger partial charge in [-0.1, -0.05) is 12.1 Å². The fourth-order valence-electron chi connectivity index (χ4n) is 2.20. The van der Waals surface area contributed by atoms with Gasteiger partial charge in [0.15, 0.2) is 0 Å². The lowest BCUT2D eigenvalue weighted by Gasteiger charge is -2.32. The highest BCUT2D eigenvalue weighted by atomic mass is 19.1. The van der Waals surface area contributed by atoms with Gasteiger partial charge in [-0.3, -0.25) is 0 Å². The molecule has 0 radical (unpaired) electrons. The molecule has 5 nitrogen and oxygen atoms in total. The van der Waals surface area contributed by atoms with Gasteiger partial charge in [-0.15, -0.1) is 0 Å². The minimum atomic E-state index is -1.12. The van der Waals surface area contributed by atoms with Crippen LogP contribution >= 0.6 is 0 Å². The van der Waals surface area contributed by atoms with Crippen molar-refractivity contribution in [3.05, 3.63) is 29.6 Å². The van der Waals surface area contributed by atoms with Crippen LogP contribution < -0.4 is 10.8 Å². The van der Waals surface area contributed by atoms with Crippen LogP contribution in [0.15, 0.2) is 18.2 Å². The van der Waals surface area contributed by atoms with E-state index in [1.54, 1.807) is 12.1 Å². The van der Waals surface area contributed by atoms with Gasteiger partial charge in [0.05, 0.1) is 11.2 Å². The van der Waals surface area contributed by atoms with Gasteiger partial charge in [0, 0.05) is 6.54 Å². The molecule has 22 heavy (non-hydrogen) atoms. The number of hydrogen-bond donors (Lipinski definition) is 2. The van der Waals surface area contributed by atoms with E-state index in [1.807, 2.05) is 27.7 Å². The van der Waals surface area contributed by atoms with Gasteiger partial charge < -0.3 is 19.7 Å². The molecule has 1 aliphatic rings. The molecule has 2 N–H and O–H groups in total. The largest absolute Gasteiger partial charge is 0.494 e. The molecule has 0 aromatic heterocycles. The predicted molar refractivity (Wildman–Crippen MR) is 81.8 cm³/mol. The second kappa shape index (κ2) is 5.89. The fraction of sp³-hybridized carbons (Fsp3) is 0.533. The van der Waals surface area contributed by atoms with Gasteiger partial charge in [0.25, 0.3) is 0 Å². The number of carbonyl (C=O) groups is 1. The van der Waals surface area contributed by atoms with Crippen LogP contribution in [0.4, 0.5) is 9.18 Å². The molecule has 0 saturated carbocycles. The topological polar surface area (TPSA) is 67.8 Å². The first-order valence-electron chi connectivity index (χ1n) is 7.23. The molecule has 0 aliphatic carbocycles. The van der Waals surface area contributed by atoms with Crippen LogP contribution in [0.1, 0.15) is 33.3 Å². The molecule has 2 rings (SSSR count). The van der Waals surface area contributed by atoms with Gasteiger partial charge in [-0.2, -0.15) is 0 Å². The fourth-order valence-corrected chi connectivity index (χ4v) is 2.20. The molecule has 1 heterocycles. The summed E-state index contributed by atoms with van der Waals surface area (Å²) in [5.41, 5.74) is 0.122. The van der Waals surface area contributed by atoms with Gasteiger partial charge in [-0.25, -0.2) is 9.18 Å². The summed E-state index contributed by atoms with van der Waals surface area (Å²) >= 11 is 0. The van der Waals surface area contributed by atoms with Crippen molar-refractivity contribution in [1.29, 1.82) is 0 Å². The van der Waals surface area contributed by atoms with E-state index < -0.39 is 24.4 Å². The molecule has 1 amide bonds. The summed E-state index contributed by atoms with van der Waals surface area (Å²) in [5.74, 6) is -0.389. The van der Waals surface area contributed by atoms with E-state index in [-0.39, 0.29) is 12.4 Å². The zero-order chi connectivity index (χ0) is 16.5. The van der Waals surface area contributed by atoms with Crippen LogP contribution in [-0.4, -0.2) is 36.1 Å². The normalized spacial score (nSPS) is 19.2. The number of nitrogens with one attached hydrogen (secondary N) is 1. The number of amides is 1. The van der Waals surface area contributed by atoms with Crippen molar-refractivity contribution < 1.29 is 23.6 Å². The first-order valence-corrected chi connectivity index (χ1v) is 7.23. The number of halogens is 1. The van der Waals surface area contributed by atoms with E-state index in [4.69, 9.17) is 14.4 Å². The van der Waals surface area contributed by atoms with Crippen molar-refractivity contribution in [2.24, 2.45) is 0 Å². The summed E-state index contributed by atoms with van der Waals surface area (Å²) in [6.07, 6.45) is -0.823. The summed E-state index contributed by atoms with van der Waals surface area (Å²) in [5, 5.41) is 10.7. The SMILES string of the molecule is CC1(C)OB(c2ccc(CCNC(=O)O)c(F)c2)OC1(C)C. The lowest BCUT2D eigenvalue weighted by Crippen LogP contribution is -2.41. The Bertz CT molecular complexity index is 561. The van der Waals surface area contributed by atoms with Crippen LogP contribution in [0.3, 0.4) is 0 Å². The zero-order valence-electron chi connectivity index (χ0n) is 13.3. The Kier molecular flexibility index (Phi) is 4.49. The number of benzene rings is 1. The third-order valence-electron chi connectivity index (χ3n) is 4.27. The molecule has 1 saturated heterocycles. The van der Waals surface area contributed by atoms with Crippen LogP contribution in [0.5, 0.6) is 0 Å². The molecule has 1 aromatic rings. The van der Waals surface area contributed by atoms with Gasteiger partial charge >= 0.3 is 13.2 Å². The van der Waals surface area contributed by atoms with E-state index in [0.717, 1.165) is 0 Å². The van der Waals surface area contributed by atoms with Crippen molar-refractivity contribution in [3.8, 4) is 0 Å². The monoisotopic (exact) mass is 309 g/mol. The highest BCUT2D eigenvalue weighted by Crippen LogP contribution is 2.36. The van der Waals surface area contributed by atoms with E-state index >= 15 is 0 Å². The summed E-state index contributed by atoms with van der Waals surface area (Å²) in [6, 6.07) is 4.78. The Morgan fingerprint density at radius 2 is 1.86 bits per heavy atom. The van der Waals surface area contributed by atoms with Gasteiger partial charge in [0.2, 0.25) is 0 Å². The highest BCUT2D eigenvalue weighted by Gasteiger charge is 2.51. The smallest absolute Gasteiger partial charge is 0.465 e. The maximum absolute atomic E-state index is 14.1. The third kappa shape index (κ3) is 3.42. The molecule has 1 aromatic carbocycles. The molecule has 0 atom stereocenters. The molecule has 1 aliphatic heterocycles. The van der Waals surface area contributed by atoms with Crippen LogP contribution in [0.25, 0.3) is 0 Å². The minimum Gasteiger partial charge on any atom is -0.465 e. The van der Waals surface area contributed by atoms with Crippen molar-refractivity contribution in [1.82, 2.24) is 5.32 Å². The summed E-state index contributed by atoms with van der Waals surface area (Å²) in [6.45, 7) is 7.93. The summed E-state index contributed by atoms with van der Waals surface area (Å²) in [7, 11) is -0.606. The quantitative estimate of drug-likeness (QED) is 0.834. The number of carboxylic acid groups (broad SMARTS) is 1. The minimum absolute atomic E-state index is 0.169. The Morgan fingerprint density at radius 1 is 1.27 bits per heavy atom. The zero-order valence-corrected chi connectivity index (χ0v) is 13.3. The molecular weight excluding hydrogens is 288 g/mol. The summed E-state index contributed by atoms with van der Waals surface area (Å²) in [4.78, 5) is 10.4. The maximum atomic E-state index is 14.1. The molecular formula is C15H21BFNO4. The Hall–Kier alpha value is -1.60. The first-order chi connectivity index (χ1) is 10.1. The molecule has 1 fully saturated rings. The molecule has 120 valence electrons. The van der Waals surface area contributed by atoms with Crippen molar-refractivity contribution >= 4 is 18.7 Å². The van der Waals surface area contributed by atoms with Gasteiger partial charge in [-0.05, 0) is 51.2 Å². The van der Waals surface area contributed by atoms with E-state index in [2.05, 4.69) is 5.32 Å². The van der Waals surface area contributed by atoms with Crippen molar-refractivity contribution in [2.75, 3.05) is 6.54 Å². The van der Waals surface area contributed by atoms with Gasteiger partial charge in [0.1, 0.15) is 5.82 Å². The number of rotatable bonds is 4. The second-order valence-corrected chi connectivity index (χ2v) is 6.42. The van der Waals surface area contributed by atoms with Crippen LogP contribution in [0, 0.1) is 5.82 Å². The lowest BCUT2D eigenvalue weighted by atomic mass is 9.78. The molecule has 0 spiro atoms. The number of hydrogen-bond acceptors (Lipinski definition) is 3. The van der Waals surface area contributed by atoms with E-state index in [9.17, 15) is 9.18 Å². The molecule has 0 unspecified atom stereocenters. The lowest BCUT2D eigenvalue weighted by molar-refractivity contribution is 0.00578. The Labute approximate surface area is 130 Å². The second-order valence-electron chi connectivity index (χ2n) is 6.42. The standard InChI is InChI=1S/C15H21BFNO4/c1-14(2)15(3,4)22-16(21-14)11-6-5-10(12(17)9-11)7-8-18-13(19)20/h5-6,9,18H,7-8H2,1-4H3,(H,19,20). The predicted octanol–water partition coefficient (Wildman–Crippen LogP) is 1.94. The maximum Gasteiger partial charge on any atom is 0.494 e.